The lowest BCUT2D eigenvalue weighted by Gasteiger charge is -2.25. The predicted molar refractivity (Wildman–Crippen MR) is 71.5 cm³/mol. The summed E-state index contributed by atoms with van der Waals surface area (Å²) in [5.41, 5.74) is -1.37. The Morgan fingerprint density at radius 1 is 1.42 bits per heavy atom. The highest BCUT2D eigenvalue weighted by molar-refractivity contribution is 6.30. The van der Waals surface area contributed by atoms with Crippen LogP contribution in [0.5, 0.6) is 5.75 Å². The molecule has 1 aromatic rings. The summed E-state index contributed by atoms with van der Waals surface area (Å²) >= 11 is 5.67. The van der Waals surface area contributed by atoms with Crippen LogP contribution in [0.3, 0.4) is 0 Å². The van der Waals surface area contributed by atoms with Crippen molar-refractivity contribution in [2.24, 2.45) is 0 Å². The van der Waals surface area contributed by atoms with E-state index in [2.05, 4.69) is 5.32 Å². The maximum absolute atomic E-state index is 12.0. The minimum atomic E-state index is -1.36. The zero-order valence-electron chi connectivity index (χ0n) is 10.7. The first-order valence-electron chi connectivity index (χ1n) is 5.84. The summed E-state index contributed by atoms with van der Waals surface area (Å²) in [4.78, 5) is 23.2. The number of benzene rings is 1. The number of aliphatic carboxylic acids is 1. The molecule has 1 atom stereocenters. The van der Waals surface area contributed by atoms with Gasteiger partial charge in [-0.25, -0.2) is 4.79 Å². The van der Waals surface area contributed by atoms with Gasteiger partial charge in [-0.3, -0.25) is 4.79 Å². The number of aromatic hydroxyl groups is 1. The van der Waals surface area contributed by atoms with Crippen LogP contribution >= 0.6 is 11.6 Å². The first-order valence-corrected chi connectivity index (χ1v) is 6.22. The Balaban J connectivity index is 2.97. The van der Waals surface area contributed by atoms with Crippen molar-refractivity contribution in [3.63, 3.8) is 0 Å². The van der Waals surface area contributed by atoms with E-state index in [1.807, 2.05) is 6.92 Å². The molecule has 0 heterocycles. The SMILES string of the molecule is CCCC(C)(NC(=O)c1ccc(Cl)cc1O)C(=O)O. The largest absolute Gasteiger partial charge is 0.507 e. The van der Waals surface area contributed by atoms with Crippen LogP contribution in [0, 0.1) is 0 Å². The van der Waals surface area contributed by atoms with Crippen molar-refractivity contribution >= 4 is 23.5 Å². The fourth-order valence-electron chi connectivity index (χ4n) is 1.74. The van der Waals surface area contributed by atoms with E-state index in [9.17, 15) is 19.8 Å². The summed E-state index contributed by atoms with van der Waals surface area (Å²) in [5.74, 6) is -2.04. The quantitative estimate of drug-likeness (QED) is 0.775. The molecule has 0 radical (unpaired) electrons. The Bertz CT molecular complexity index is 503. The second-order valence-electron chi connectivity index (χ2n) is 4.50. The average molecular weight is 286 g/mol. The van der Waals surface area contributed by atoms with Crippen molar-refractivity contribution in [2.45, 2.75) is 32.2 Å². The van der Waals surface area contributed by atoms with Gasteiger partial charge in [0, 0.05) is 5.02 Å². The molecule has 1 rings (SSSR count). The summed E-state index contributed by atoms with van der Waals surface area (Å²) in [6.45, 7) is 3.26. The van der Waals surface area contributed by atoms with Gasteiger partial charge < -0.3 is 15.5 Å². The number of halogens is 1. The number of amides is 1. The minimum Gasteiger partial charge on any atom is -0.507 e. The smallest absolute Gasteiger partial charge is 0.329 e. The molecule has 104 valence electrons. The first kappa shape index (κ1) is 15.3. The van der Waals surface area contributed by atoms with Gasteiger partial charge in [0.05, 0.1) is 5.56 Å². The Labute approximate surface area is 116 Å². The standard InChI is InChI=1S/C13H16ClNO4/c1-3-6-13(2,12(18)19)15-11(17)9-5-4-8(14)7-10(9)16/h4-5,7,16H,3,6H2,1-2H3,(H,15,17)(H,18,19). The van der Waals surface area contributed by atoms with Gasteiger partial charge in [0.15, 0.2) is 0 Å². The third-order valence-corrected chi connectivity index (χ3v) is 3.05. The van der Waals surface area contributed by atoms with Gasteiger partial charge in [-0.05, 0) is 31.5 Å². The Hall–Kier alpha value is -1.75. The number of phenolic OH excluding ortho intramolecular Hbond substituents is 1. The molecule has 19 heavy (non-hydrogen) atoms. The molecule has 0 aliphatic rings. The number of carbonyl (C=O) groups excluding carboxylic acids is 1. The topological polar surface area (TPSA) is 86.6 Å². The number of carboxylic acid groups (broad SMARTS) is 1. The highest BCUT2D eigenvalue weighted by atomic mass is 35.5. The molecule has 0 aliphatic heterocycles. The number of carboxylic acids is 1. The monoisotopic (exact) mass is 285 g/mol. The summed E-state index contributed by atoms with van der Waals surface area (Å²) in [7, 11) is 0. The van der Waals surface area contributed by atoms with Crippen molar-refractivity contribution in [3.05, 3.63) is 28.8 Å². The van der Waals surface area contributed by atoms with E-state index in [0.29, 0.717) is 17.9 Å². The van der Waals surface area contributed by atoms with E-state index in [-0.39, 0.29) is 11.3 Å². The van der Waals surface area contributed by atoms with Crippen molar-refractivity contribution in [1.82, 2.24) is 5.32 Å². The zero-order valence-corrected chi connectivity index (χ0v) is 11.5. The number of nitrogens with one attached hydrogen (secondary N) is 1. The summed E-state index contributed by atoms with van der Waals surface area (Å²) in [5, 5.41) is 21.5. The van der Waals surface area contributed by atoms with Crippen LogP contribution in [0.2, 0.25) is 5.02 Å². The maximum Gasteiger partial charge on any atom is 0.329 e. The highest BCUT2D eigenvalue weighted by Crippen LogP contribution is 2.23. The van der Waals surface area contributed by atoms with Gasteiger partial charge in [0.25, 0.3) is 5.91 Å². The summed E-state index contributed by atoms with van der Waals surface area (Å²) in [6, 6.07) is 4.03. The Morgan fingerprint density at radius 2 is 2.05 bits per heavy atom. The number of hydrogen-bond donors (Lipinski definition) is 3. The fraction of sp³-hybridized carbons (Fsp3) is 0.385. The van der Waals surface area contributed by atoms with Gasteiger partial charge in [-0.1, -0.05) is 24.9 Å². The van der Waals surface area contributed by atoms with Gasteiger partial charge in [0.2, 0.25) is 0 Å². The minimum absolute atomic E-state index is 0.00650. The molecular weight excluding hydrogens is 270 g/mol. The lowest BCUT2D eigenvalue weighted by atomic mass is 9.95. The number of hydrogen-bond acceptors (Lipinski definition) is 3. The lowest BCUT2D eigenvalue weighted by Crippen LogP contribution is -2.52. The van der Waals surface area contributed by atoms with Crippen LogP contribution in [0.25, 0.3) is 0 Å². The molecule has 0 aromatic heterocycles. The molecule has 1 aromatic carbocycles. The maximum atomic E-state index is 12.0. The predicted octanol–water partition coefficient (Wildman–Crippen LogP) is 2.42. The fourth-order valence-corrected chi connectivity index (χ4v) is 1.90. The second kappa shape index (κ2) is 5.93. The van der Waals surface area contributed by atoms with Gasteiger partial charge in [-0.15, -0.1) is 0 Å². The van der Waals surface area contributed by atoms with E-state index >= 15 is 0 Å². The normalized spacial score (nSPS) is 13.6. The van der Waals surface area contributed by atoms with Crippen LogP contribution < -0.4 is 5.32 Å². The van der Waals surface area contributed by atoms with Gasteiger partial charge in [0.1, 0.15) is 11.3 Å². The molecule has 1 unspecified atom stereocenters. The molecule has 6 heteroatoms. The molecule has 0 spiro atoms. The third-order valence-electron chi connectivity index (χ3n) is 2.82. The van der Waals surface area contributed by atoms with E-state index in [1.165, 1.54) is 25.1 Å². The van der Waals surface area contributed by atoms with E-state index in [4.69, 9.17) is 11.6 Å². The number of phenols is 1. The zero-order chi connectivity index (χ0) is 14.6. The Morgan fingerprint density at radius 3 is 2.53 bits per heavy atom. The molecule has 0 aliphatic carbocycles. The van der Waals surface area contributed by atoms with E-state index in [0.717, 1.165) is 0 Å². The van der Waals surface area contributed by atoms with Gasteiger partial charge in [-0.2, -0.15) is 0 Å². The van der Waals surface area contributed by atoms with Crippen LogP contribution in [0.4, 0.5) is 0 Å². The average Bonchev–Trinajstić information content (AvgIpc) is 2.28. The second-order valence-corrected chi connectivity index (χ2v) is 4.94. The number of rotatable bonds is 5. The highest BCUT2D eigenvalue weighted by Gasteiger charge is 2.34. The van der Waals surface area contributed by atoms with Crippen molar-refractivity contribution in [2.75, 3.05) is 0 Å². The van der Waals surface area contributed by atoms with Gasteiger partial charge >= 0.3 is 5.97 Å². The molecule has 1 amide bonds. The van der Waals surface area contributed by atoms with Crippen LogP contribution in [-0.4, -0.2) is 27.6 Å². The van der Waals surface area contributed by atoms with Crippen LogP contribution in [0.15, 0.2) is 18.2 Å². The van der Waals surface area contributed by atoms with Crippen molar-refractivity contribution in [3.8, 4) is 5.75 Å². The molecule has 0 fully saturated rings. The summed E-state index contributed by atoms with van der Waals surface area (Å²) < 4.78 is 0. The lowest BCUT2D eigenvalue weighted by molar-refractivity contribution is -0.144. The van der Waals surface area contributed by atoms with Crippen LogP contribution in [0.1, 0.15) is 37.0 Å². The first-order chi connectivity index (χ1) is 8.80. The van der Waals surface area contributed by atoms with E-state index < -0.39 is 17.4 Å². The molecule has 3 N–H and O–H groups in total. The molecule has 0 saturated carbocycles. The summed E-state index contributed by atoms with van der Waals surface area (Å²) in [6.07, 6.45) is 0.901. The van der Waals surface area contributed by atoms with E-state index in [1.54, 1.807) is 0 Å². The molecule has 5 nitrogen and oxygen atoms in total. The molecule has 0 bridgehead atoms. The molecule has 0 saturated heterocycles. The molecular formula is C13H16ClNO4. The Kier molecular flexibility index (Phi) is 4.78. The van der Waals surface area contributed by atoms with Crippen molar-refractivity contribution < 1.29 is 19.8 Å². The third kappa shape index (κ3) is 3.61. The van der Waals surface area contributed by atoms with Crippen LogP contribution in [-0.2, 0) is 4.79 Å². The van der Waals surface area contributed by atoms with Crippen molar-refractivity contribution in [1.29, 1.82) is 0 Å². The number of carbonyl (C=O) groups is 2.